The van der Waals surface area contributed by atoms with Gasteiger partial charge in [-0.2, -0.15) is 0 Å². The molecule has 1 N–H and O–H groups in total. The molecule has 0 fully saturated rings. The van der Waals surface area contributed by atoms with Gasteiger partial charge in [-0.25, -0.2) is 4.68 Å². The summed E-state index contributed by atoms with van der Waals surface area (Å²) in [6, 6.07) is 16.5. The van der Waals surface area contributed by atoms with Crippen LogP contribution in [0.5, 0.6) is 23.0 Å². The van der Waals surface area contributed by atoms with Crippen LogP contribution < -0.4 is 29.2 Å². The number of hydrogen-bond donors (Lipinski definition) is 1. The predicted molar refractivity (Wildman–Crippen MR) is 148 cm³/mol. The third-order valence-electron chi connectivity index (χ3n) is 6.34. The topological polar surface area (TPSA) is 117 Å². The molecule has 1 atom stereocenters. The molecule has 1 aliphatic rings. The number of anilines is 1. The molecule has 3 aromatic carbocycles. The fourth-order valence-corrected chi connectivity index (χ4v) is 4.67. The first kappa shape index (κ1) is 26.8. The summed E-state index contributed by atoms with van der Waals surface area (Å²) >= 11 is 0. The van der Waals surface area contributed by atoms with Crippen molar-refractivity contribution in [1.29, 1.82) is 0 Å². The predicted octanol–water partition coefficient (Wildman–Crippen LogP) is 3.87. The molecular weight excluding hydrogens is 514 g/mol. The van der Waals surface area contributed by atoms with Gasteiger partial charge in [-0.3, -0.25) is 14.5 Å². The summed E-state index contributed by atoms with van der Waals surface area (Å²) < 4.78 is 23.9. The molecule has 2 heterocycles. The molecule has 1 aromatic heterocycles. The van der Waals surface area contributed by atoms with Gasteiger partial charge < -0.3 is 24.3 Å². The van der Waals surface area contributed by atoms with Gasteiger partial charge in [-0.1, -0.05) is 29.5 Å². The zero-order chi connectivity index (χ0) is 28.4. The van der Waals surface area contributed by atoms with Gasteiger partial charge in [-0.15, -0.1) is 5.10 Å². The van der Waals surface area contributed by atoms with E-state index in [1.165, 1.54) is 23.8 Å². The highest BCUT2D eigenvalue weighted by Gasteiger charge is 2.38. The lowest BCUT2D eigenvalue weighted by atomic mass is 9.99. The van der Waals surface area contributed by atoms with Crippen molar-refractivity contribution in [2.24, 2.45) is 0 Å². The van der Waals surface area contributed by atoms with Gasteiger partial charge in [0.05, 0.1) is 19.7 Å². The first-order valence-electron chi connectivity index (χ1n) is 12.7. The Balaban J connectivity index is 1.68. The minimum absolute atomic E-state index is 0.0648. The van der Waals surface area contributed by atoms with E-state index in [9.17, 15) is 9.59 Å². The van der Waals surface area contributed by atoms with Crippen LogP contribution in [0.15, 0.2) is 60.7 Å². The smallest absolute Gasteiger partial charge is 0.249 e. The number of fused-ring (bicyclic) bond motifs is 2. The lowest BCUT2D eigenvalue weighted by Crippen LogP contribution is -2.50. The van der Waals surface area contributed by atoms with Crippen molar-refractivity contribution >= 4 is 28.5 Å². The van der Waals surface area contributed by atoms with E-state index in [0.29, 0.717) is 45.3 Å². The lowest BCUT2D eigenvalue weighted by molar-refractivity contribution is -0.128. The molecule has 11 nitrogen and oxygen atoms in total. The van der Waals surface area contributed by atoms with Gasteiger partial charge in [0, 0.05) is 22.9 Å². The summed E-state index contributed by atoms with van der Waals surface area (Å²) in [5.74, 6) is 0.960. The van der Waals surface area contributed by atoms with Crippen molar-refractivity contribution in [2.45, 2.75) is 38.9 Å². The Morgan fingerprint density at radius 2 is 1.80 bits per heavy atom. The quantitative estimate of drug-likeness (QED) is 0.355. The van der Waals surface area contributed by atoms with Crippen molar-refractivity contribution < 1.29 is 28.5 Å². The molecule has 5 rings (SSSR count). The molecule has 1 aliphatic heterocycles. The van der Waals surface area contributed by atoms with Gasteiger partial charge in [0.1, 0.15) is 18.1 Å². The lowest BCUT2D eigenvalue weighted by Gasteiger charge is -2.34. The van der Waals surface area contributed by atoms with Crippen LogP contribution in [0.3, 0.4) is 0 Å². The number of nitrogens with zero attached hydrogens (tertiary/aromatic N) is 4. The van der Waals surface area contributed by atoms with Crippen molar-refractivity contribution in [1.82, 2.24) is 20.3 Å². The Kier molecular flexibility index (Phi) is 7.20. The molecule has 0 bridgehead atoms. The van der Waals surface area contributed by atoms with Gasteiger partial charge in [0.25, 0.3) is 0 Å². The summed E-state index contributed by atoms with van der Waals surface area (Å²) in [7, 11) is 3.01. The number of rotatable bonds is 8. The first-order valence-corrected chi connectivity index (χ1v) is 12.7. The highest BCUT2D eigenvalue weighted by atomic mass is 16.7. The van der Waals surface area contributed by atoms with Gasteiger partial charge in [0.15, 0.2) is 23.0 Å². The maximum atomic E-state index is 14.3. The molecule has 0 unspecified atom stereocenters. The maximum absolute atomic E-state index is 14.3. The van der Waals surface area contributed by atoms with E-state index in [1.54, 1.807) is 36.4 Å². The number of ether oxygens (including phenoxy) is 4. The molecule has 4 aromatic rings. The average molecular weight is 546 g/mol. The van der Waals surface area contributed by atoms with E-state index in [4.69, 9.17) is 18.9 Å². The van der Waals surface area contributed by atoms with E-state index in [0.717, 1.165) is 0 Å². The number of aromatic nitrogens is 3. The molecule has 11 heteroatoms. The summed E-state index contributed by atoms with van der Waals surface area (Å²) in [6.45, 7) is 5.51. The van der Waals surface area contributed by atoms with Gasteiger partial charge >= 0.3 is 0 Å². The minimum atomic E-state index is -1.15. The standard InChI is InChI=1S/C29H31N5O6/c1-29(2,3)30-28(36)26(19-9-8-12-23(37-4)27(19)38-5)34(18-13-14-22-24(15-18)40-17-39-22)25(35)16-33-21-11-7-6-10-20(21)31-32-33/h6-15,26H,16-17H2,1-5H3,(H,30,36)/t26-/m0/s1. The zero-order valence-electron chi connectivity index (χ0n) is 23.0. The summed E-state index contributed by atoms with van der Waals surface area (Å²) in [6.07, 6.45) is 0. The fourth-order valence-electron chi connectivity index (χ4n) is 4.67. The van der Waals surface area contributed by atoms with E-state index in [-0.39, 0.29) is 13.3 Å². The highest BCUT2D eigenvalue weighted by Crippen LogP contribution is 2.42. The van der Waals surface area contributed by atoms with Crippen molar-refractivity contribution in [2.75, 3.05) is 25.9 Å². The largest absolute Gasteiger partial charge is 0.493 e. The summed E-state index contributed by atoms with van der Waals surface area (Å²) in [5, 5.41) is 11.4. The normalized spacial score (nSPS) is 13.1. The molecule has 0 saturated carbocycles. The van der Waals surface area contributed by atoms with Crippen LogP contribution >= 0.6 is 0 Å². The Morgan fingerprint density at radius 1 is 1.02 bits per heavy atom. The molecule has 2 amide bonds. The zero-order valence-corrected chi connectivity index (χ0v) is 23.0. The molecule has 0 spiro atoms. The number of amides is 2. The summed E-state index contributed by atoms with van der Waals surface area (Å²) in [4.78, 5) is 29.8. The number of methoxy groups -OCH3 is 2. The second kappa shape index (κ2) is 10.8. The average Bonchev–Trinajstić information content (AvgIpc) is 3.56. The second-order valence-electron chi connectivity index (χ2n) is 10.3. The van der Waals surface area contributed by atoms with Crippen LogP contribution in [0.4, 0.5) is 5.69 Å². The number of carbonyl (C=O) groups is 2. The molecule has 0 saturated heterocycles. The van der Waals surface area contributed by atoms with Crippen LogP contribution in [0.25, 0.3) is 11.0 Å². The Labute approximate surface area is 231 Å². The van der Waals surface area contributed by atoms with Crippen LogP contribution in [-0.4, -0.2) is 53.4 Å². The van der Waals surface area contributed by atoms with Crippen molar-refractivity contribution in [3.05, 3.63) is 66.2 Å². The second-order valence-corrected chi connectivity index (χ2v) is 10.3. The van der Waals surface area contributed by atoms with E-state index in [2.05, 4.69) is 15.6 Å². The number of hydrogen-bond acceptors (Lipinski definition) is 8. The van der Waals surface area contributed by atoms with Gasteiger partial charge in [0.2, 0.25) is 18.6 Å². The van der Waals surface area contributed by atoms with Crippen LogP contribution in [0, 0.1) is 0 Å². The van der Waals surface area contributed by atoms with E-state index >= 15 is 0 Å². The minimum Gasteiger partial charge on any atom is -0.493 e. The monoisotopic (exact) mass is 545 g/mol. The first-order chi connectivity index (χ1) is 19.2. The number of carbonyl (C=O) groups excluding carboxylic acids is 2. The molecular formula is C29H31N5O6. The molecule has 40 heavy (non-hydrogen) atoms. The van der Waals surface area contributed by atoms with E-state index < -0.39 is 23.4 Å². The number of para-hydroxylation sites is 2. The van der Waals surface area contributed by atoms with Crippen molar-refractivity contribution in [3.63, 3.8) is 0 Å². The van der Waals surface area contributed by atoms with Crippen LogP contribution in [0.1, 0.15) is 32.4 Å². The van der Waals surface area contributed by atoms with Crippen molar-refractivity contribution in [3.8, 4) is 23.0 Å². The SMILES string of the molecule is COc1cccc([C@@H](C(=O)NC(C)(C)C)N(C(=O)Cn2nnc3ccccc32)c2ccc3c(c2)OCO3)c1OC. The Bertz CT molecular complexity index is 1560. The Morgan fingerprint density at radius 3 is 2.55 bits per heavy atom. The number of benzene rings is 3. The maximum Gasteiger partial charge on any atom is 0.249 e. The third kappa shape index (κ3) is 5.22. The number of nitrogens with one attached hydrogen (secondary N) is 1. The third-order valence-corrected chi connectivity index (χ3v) is 6.34. The Hall–Kier alpha value is -4.80. The van der Waals surface area contributed by atoms with Gasteiger partial charge in [-0.05, 0) is 51.1 Å². The highest BCUT2D eigenvalue weighted by molar-refractivity contribution is 6.02. The molecule has 0 aliphatic carbocycles. The molecule has 208 valence electrons. The fraction of sp³-hybridized carbons (Fsp3) is 0.310. The van der Waals surface area contributed by atoms with Crippen LogP contribution in [-0.2, 0) is 16.1 Å². The van der Waals surface area contributed by atoms with Crippen LogP contribution in [0.2, 0.25) is 0 Å². The molecule has 0 radical (unpaired) electrons. The van der Waals surface area contributed by atoms with E-state index in [1.807, 2.05) is 45.0 Å². The summed E-state index contributed by atoms with van der Waals surface area (Å²) in [5.41, 5.74) is 1.63.